The molecule has 5 heavy (non-hydrogen) atoms. The van der Waals surface area contributed by atoms with Crippen molar-refractivity contribution in [2.45, 2.75) is 6.92 Å². The Hall–Kier alpha value is 0.425. The molecule has 0 saturated carbocycles. The van der Waals surface area contributed by atoms with Crippen molar-refractivity contribution in [2.24, 2.45) is 0 Å². The molecule has 0 aromatic rings. The molecule has 0 fully saturated rings. The van der Waals surface area contributed by atoms with E-state index in [1.165, 1.54) is 0 Å². The molecule has 0 heterocycles. The molecule has 0 N–H and O–H groups in total. The highest BCUT2D eigenvalue weighted by Crippen LogP contribution is 2.28. The Labute approximate surface area is 34.0 Å². The van der Waals surface area contributed by atoms with Gasteiger partial charge in [-0.1, -0.05) is 6.92 Å². The number of halogens is 1. The van der Waals surface area contributed by atoms with Crippen LogP contribution in [0.5, 0.6) is 0 Å². The summed E-state index contributed by atoms with van der Waals surface area (Å²) in [5, 5.41) is 0. The van der Waals surface area contributed by atoms with Gasteiger partial charge in [0.15, 0.2) is 7.57 Å². The second kappa shape index (κ2) is 2.65. The van der Waals surface area contributed by atoms with E-state index in [-0.39, 0.29) is 0 Å². The van der Waals surface area contributed by atoms with Gasteiger partial charge in [-0.05, 0) is 6.16 Å². The van der Waals surface area contributed by atoms with Gasteiger partial charge < -0.3 is 0 Å². The first-order valence-electron chi connectivity index (χ1n) is 1.64. The van der Waals surface area contributed by atoms with E-state index < -0.39 is 8.11 Å². The summed E-state index contributed by atoms with van der Waals surface area (Å²) in [5.41, 5.74) is 0. The van der Waals surface area contributed by atoms with Crippen LogP contribution >= 0.6 is 8.11 Å². The highest BCUT2D eigenvalue weighted by atomic mass is 31.2. The highest BCUT2D eigenvalue weighted by molar-refractivity contribution is 7.77. The minimum atomic E-state index is -1.10. The van der Waals surface area contributed by atoms with Crippen LogP contribution < -0.4 is 0 Å². The topological polar surface area (TPSA) is 0 Å². The van der Waals surface area contributed by atoms with E-state index in [4.69, 9.17) is 0 Å². The Bertz CT molecular complexity index is 23.6. The van der Waals surface area contributed by atoms with E-state index in [1.807, 2.05) is 6.92 Å². The predicted molar refractivity (Wildman–Crippen MR) is 27.1 cm³/mol. The average molecular weight is 91.9 g/mol. The molecule has 0 aliphatic heterocycles. The molecule has 0 saturated heterocycles. The monoisotopic (exact) mass is 92.0 g/mol. The zero-order valence-electron chi connectivity index (χ0n) is 3.53. The summed E-state index contributed by atoms with van der Waals surface area (Å²) < 4.78 is 11.5. The van der Waals surface area contributed by atoms with Gasteiger partial charge in [0.25, 0.3) is 0 Å². The fourth-order valence-electron chi connectivity index (χ4n) is 0. The van der Waals surface area contributed by atoms with Crippen molar-refractivity contribution >= 4 is 15.7 Å². The molecule has 1 unspecified atom stereocenters. The maximum Gasteiger partial charge on any atom is 0.175 e. The summed E-state index contributed by atoms with van der Waals surface area (Å²) in [5.74, 6) is 0. The normalized spacial score (nSPS) is 14.8. The molecule has 0 radical (unpaired) electrons. The van der Waals surface area contributed by atoms with Gasteiger partial charge in [-0.25, -0.2) is 4.20 Å². The van der Waals surface area contributed by atoms with Gasteiger partial charge in [-0.2, -0.15) is 0 Å². The van der Waals surface area contributed by atoms with Crippen LogP contribution in [0.25, 0.3) is 0 Å². The maximum atomic E-state index is 11.5. The van der Waals surface area contributed by atoms with Crippen LogP contribution in [0.2, 0.25) is 0 Å². The maximum absolute atomic E-state index is 11.5. The molecular formula is C2H7BFP. The molecule has 0 aliphatic rings. The lowest BCUT2D eigenvalue weighted by Crippen LogP contribution is -1.62. The van der Waals surface area contributed by atoms with E-state index in [9.17, 15) is 4.20 Å². The summed E-state index contributed by atoms with van der Waals surface area (Å²) >= 11 is 0. The second-order valence-electron chi connectivity index (χ2n) is 0.921. The first-order chi connectivity index (χ1) is 2.27. The molecule has 0 aromatic carbocycles. The fraction of sp³-hybridized carbons (Fsp3) is 1.00. The van der Waals surface area contributed by atoms with Gasteiger partial charge >= 0.3 is 0 Å². The summed E-state index contributed by atoms with van der Waals surface area (Å²) in [6.45, 7) is 1.85. The van der Waals surface area contributed by atoms with Gasteiger partial charge in [0.2, 0.25) is 0 Å². The summed E-state index contributed by atoms with van der Waals surface area (Å²) in [6.07, 6.45) is 0.704. The standard InChI is InChI=1S/C2H7BFP/c1-2-5(3)4/h2-3H2,1H3. The third kappa shape index (κ3) is 4.42. The van der Waals surface area contributed by atoms with E-state index in [2.05, 4.69) is 0 Å². The molecule has 0 aliphatic carbocycles. The summed E-state index contributed by atoms with van der Waals surface area (Å²) in [6, 6.07) is 0. The third-order valence-electron chi connectivity index (χ3n) is 0.436. The van der Waals surface area contributed by atoms with Crippen molar-refractivity contribution in [3.63, 3.8) is 0 Å². The Balaban J connectivity index is 2.54. The Morgan fingerprint density at radius 3 is 2.20 bits per heavy atom. The van der Waals surface area contributed by atoms with Crippen LogP contribution in [0.4, 0.5) is 4.20 Å². The first kappa shape index (κ1) is 5.42. The summed E-state index contributed by atoms with van der Waals surface area (Å²) in [4.78, 5) is 0. The molecule has 30 valence electrons. The number of rotatable bonds is 1. The van der Waals surface area contributed by atoms with Crippen molar-refractivity contribution in [2.75, 3.05) is 6.16 Å². The largest absolute Gasteiger partial charge is 0.239 e. The molecule has 0 nitrogen and oxygen atoms in total. The molecular weight excluding hydrogens is 84.8 g/mol. The minimum absolute atomic E-state index is 0.704. The zero-order chi connectivity index (χ0) is 4.28. The van der Waals surface area contributed by atoms with E-state index >= 15 is 0 Å². The SMILES string of the molecule is BP(F)CC. The van der Waals surface area contributed by atoms with Crippen molar-refractivity contribution in [1.29, 1.82) is 0 Å². The van der Waals surface area contributed by atoms with Crippen molar-refractivity contribution in [1.82, 2.24) is 0 Å². The third-order valence-corrected chi connectivity index (χ3v) is 1.31. The number of hydrogen-bond acceptors (Lipinski definition) is 0. The van der Waals surface area contributed by atoms with Gasteiger partial charge in [-0.15, -0.1) is 0 Å². The Morgan fingerprint density at radius 1 is 2.00 bits per heavy atom. The lowest BCUT2D eigenvalue weighted by Gasteiger charge is -1.86. The molecule has 0 aromatic heterocycles. The smallest absolute Gasteiger partial charge is 0.175 e. The molecule has 1 atom stereocenters. The van der Waals surface area contributed by atoms with Crippen LogP contribution in [0.3, 0.4) is 0 Å². The van der Waals surface area contributed by atoms with Crippen LogP contribution in [-0.2, 0) is 0 Å². The number of hydrogen-bond donors (Lipinski definition) is 0. The van der Waals surface area contributed by atoms with Gasteiger partial charge in [0, 0.05) is 8.11 Å². The van der Waals surface area contributed by atoms with Gasteiger partial charge in [-0.3, -0.25) is 0 Å². The van der Waals surface area contributed by atoms with E-state index in [0.29, 0.717) is 6.16 Å². The quantitative estimate of drug-likeness (QED) is 0.333. The van der Waals surface area contributed by atoms with E-state index in [0.717, 1.165) is 0 Å². The lowest BCUT2D eigenvalue weighted by molar-refractivity contribution is 0.908. The molecule has 0 spiro atoms. The zero-order valence-corrected chi connectivity index (χ0v) is 4.43. The fourth-order valence-corrected chi connectivity index (χ4v) is 0. The van der Waals surface area contributed by atoms with Crippen molar-refractivity contribution in [3.8, 4) is 0 Å². The molecule has 0 rings (SSSR count). The summed E-state index contributed by atoms with van der Waals surface area (Å²) in [7, 11) is 0.522. The van der Waals surface area contributed by atoms with Crippen LogP contribution in [-0.4, -0.2) is 13.7 Å². The molecule has 0 bridgehead atoms. The van der Waals surface area contributed by atoms with E-state index in [1.54, 1.807) is 7.57 Å². The Morgan fingerprint density at radius 2 is 2.20 bits per heavy atom. The highest BCUT2D eigenvalue weighted by Gasteiger charge is 1.85. The molecule has 0 amide bonds. The van der Waals surface area contributed by atoms with Gasteiger partial charge in [0.1, 0.15) is 0 Å². The van der Waals surface area contributed by atoms with Crippen LogP contribution in [0.1, 0.15) is 6.92 Å². The van der Waals surface area contributed by atoms with Gasteiger partial charge in [0.05, 0.1) is 0 Å². The molecule has 3 heteroatoms. The Kier molecular flexibility index (Phi) is 2.88. The average Bonchev–Trinajstić information content (AvgIpc) is 1.38. The second-order valence-corrected chi connectivity index (χ2v) is 2.76. The van der Waals surface area contributed by atoms with Crippen molar-refractivity contribution in [3.05, 3.63) is 0 Å². The first-order valence-corrected chi connectivity index (χ1v) is 3.50. The van der Waals surface area contributed by atoms with Crippen LogP contribution in [0.15, 0.2) is 0 Å². The minimum Gasteiger partial charge on any atom is -0.239 e. The lowest BCUT2D eigenvalue weighted by atomic mass is 10.8. The predicted octanol–water partition coefficient (Wildman–Crippen LogP) is 0.921. The van der Waals surface area contributed by atoms with Crippen molar-refractivity contribution < 1.29 is 4.20 Å². The van der Waals surface area contributed by atoms with Crippen LogP contribution in [0, 0.1) is 0 Å².